The third-order valence-electron chi connectivity index (χ3n) is 10.6. The predicted molar refractivity (Wildman–Crippen MR) is 183 cm³/mol. The van der Waals surface area contributed by atoms with E-state index >= 15 is 0 Å². The lowest BCUT2D eigenvalue weighted by Crippen LogP contribution is -2.68. The van der Waals surface area contributed by atoms with E-state index in [1.807, 2.05) is 14.0 Å². The van der Waals surface area contributed by atoms with Gasteiger partial charge in [0.2, 0.25) is 12.7 Å². The van der Waals surface area contributed by atoms with Crippen LogP contribution in [-0.2, 0) is 33.6 Å². The summed E-state index contributed by atoms with van der Waals surface area (Å²) in [5.74, 6) is 2.08. The number of nitrogens with zero attached hydrogens (tertiary/aromatic N) is 3. The monoisotopic (exact) mass is 698 g/mol. The van der Waals surface area contributed by atoms with Crippen molar-refractivity contribution in [2.75, 3.05) is 41.4 Å². The Kier molecular flexibility index (Phi) is 9.18. The van der Waals surface area contributed by atoms with Crippen molar-refractivity contribution in [2.45, 2.75) is 70.2 Å². The number of rotatable bonds is 9. The highest BCUT2D eigenvalue weighted by Gasteiger charge is 2.56. The van der Waals surface area contributed by atoms with E-state index in [4.69, 9.17) is 28.4 Å². The number of likely N-dealkylation sites (N-methyl/N-ethyl adjacent to an activating group) is 1. The van der Waals surface area contributed by atoms with Crippen LogP contribution in [-0.4, -0.2) is 86.3 Å². The van der Waals surface area contributed by atoms with Gasteiger partial charge in [-0.2, -0.15) is 5.26 Å². The first-order valence-electron chi connectivity index (χ1n) is 17.0. The summed E-state index contributed by atoms with van der Waals surface area (Å²) < 4.78 is 34.5. The number of piperazine rings is 1. The van der Waals surface area contributed by atoms with Gasteiger partial charge in [0.15, 0.2) is 29.8 Å². The third-order valence-corrected chi connectivity index (χ3v) is 10.6. The molecule has 1 amide bonds. The number of carbonyl (C=O) groups is 2. The number of ether oxygens (including phenoxy) is 6. The van der Waals surface area contributed by atoms with Crippen molar-refractivity contribution in [1.29, 1.82) is 5.26 Å². The summed E-state index contributed by atoms with van der Waals surface area (Å²) in [6, 6.07) is 9.65. The minimum absolute atomic E-state index is 0.000296. The number of phenolic OH excluding ortho intramolecular Hbond substituents is 1. The molecule has 7 rings (SSSR count). The van der Waals surface area contributed by atoms with Gasteiger partial charge in [0.05, 0.1) is 31.7 Å². The van der Waals surface area contributed by atoms with Gasteiger partial charge in [0.25, 0.3) is 0 Å². The number of nitriles is 1. The number of hydrogen-bond donors (Lipinski definition) is 2. The maximum Gasteiger partial charge on any atom is 0.308 e. The van der Waals surface area contributed by atoms with Crippen LogP contribution in [0.5, 0.6) is 34.5 Å². The lowest BCUT2D eigenvalue weighted by atomic mass is 9.71. The molecule has 3 aromatic carbocycles. The quantitative estimate of drug-likeness (QED) is 0.190. The largest absolute Gasteiger partial charge is 0.507 e. The Bertz CT molecular complexity index is 1920. The predicted octanol–water partition coefficient (Wildman–Crippen LogP) is 3.78. The molecule has 1 saturated heterocycles. The summed E-state index contributed by atoms with van der Waals surface area (Å²) in [7, 11) is 5.23. The number of esters is 1. The van der Waals surface area contributed by atoms with Crippen molar-refractivity contribution < 1.29 is 43.1 Å². The van der Waals surface area contributed by atoms with Crippen LogP contribution < -0.4 is 29.0 Å². The average Bonchev–Trinajstić information content (AvgIpc) is 3.59. The Morgan fingerprint density at radius 1 is 1.06 bits per heavy atom. The molecule has 3 aromatic rings. The van der Waals surface area contributed by atoms with Crippen molar-refractivity contribution in [3.8, 4) is 40.6 Å². The van der Waals surface area contributed by atoms with Gasteiger partial charge in [-0.3, -0.25) is 19.4 Å². The normalized spacial score (nSPS) is 23.0. The third kappa shape index (κ3) is 5.77. The Labute approximate surface area is 296 Å². The molecule has 13 nitrogen and oxygen atoms in total. The lowest BCUT2D eigenvalue weighted by Gasteiger charge is -2.60. The first kappa shape index (κ1) is 34.4. The van der Waals surface area contributed by atoms with E-state index < -0.39 is 18.1 Å². The minimum atomic E-state index is -0.569. The van der Waals surface area contributed by atoms with Crippen molar-refractivity contribution in [2.24, 2.45) is 0 Å². The molecule has 4 aliphatic heterocycles. The van der Waals surface area contributed by atoms with Crippen LogP contribution in [0.1, 0.15) is 58.0 Å². The Balaban J connectivity index is 1.31. The minimum Gasteiger partial charge on any atom is -0.507 e. The van der Waals surface area contributed by atoms with Crippen molar-refractivity contribution in [3.05, 3.63) is 69.3 Å². The molecule has 268 valence electrons. The van der Waals surface area contributed by atoms with Gasteiger partial charge in [-0.05, 0) is 62.6 Å². The number of aromatic hydroxyl groups is 1. The number of nitrogens with one attached hydrogen (secondary N) is 1. The molecule has 1 fully saturated rings. The smallest absolute Gasteiger partial charge is 0.308 e. The van der Waals surface area contributed by atoms with Gasteiger partial charge in [-0.1, -0.05) is 18.2 Å². The SMILES string of the molecule is COCOc1c(OC)c(C)cc2c1[C@@H]1C3Cc4c(O)c(C)c5c(c4[C@H](CNC(=O)Cc4ccc(OC(C)=O)cc4)N3C(C#N)[C@H](C2)N1C)OCO5. The first-order chi connectivity index (χ1) is 24.6. The molecule has 0 saturated carbocycles. The second-order valence-corrected chi connectivity index (χ2v) is 13.5. The molecule has 2 unspecified atom stereocenters. The van der Waals surface area contributed by atoms with Gasteiger partial charge >= 0.3 is 5.97 Å². The second-order valence-electron chi connectivity index (χ2n) is 13.5. The van der Waals surface area contributed by atoms with E-state index in [0.717, 1.165) is 22.3 Å². The Morgan fingerprint density at radius 3 is 2.49 bits per heavy atom. The molecule has 13 heteroatoms. The molecule has 0 aliphatic carbocycles. The fourth-order valence-electron chi connectivity index (χ4n) is 8.58. The zero-order valence-corrected chi connectivity index (χ0v) is 29.6. The molecule has 0 spiro atoms. The summed E-state index contributed by atoms with van der Waals surface area (Å²) in [6.07, 6.45) is 1.07. The molecular weight excluding hydrogens is 656 g/mol. The fraction of sp³-hybridized carbons (Fsp3) is 0.447. The highest BCUT2D eigenvalue weighted by Crippen LogP contribution is 2.58. The molecule has 2 bridgehead atoms. The Morgan fingerprint density at radius 2 is 1.80 bits per heavy atom. The molecule has 5 atom stereocenters. The molecule has 0 aromatic heterocycles. The van der Waals surface area contributed by atoms with Crippen LogP contribution >= 0.6 is 0 Å². The molecule has 4 aliphatic rings. The van der Waals surface area contributed by atoms with Gasteiger partial charge in [0.1, 0.15) is 17.5 Å². The number of hydrogen-bond acceptors (Lipinski definition) is 12. The van der Waals surface area contributed by atoms with Gasteiger partial charge < -0.3 is 38.8 Å². The van der Waals surface area contributed by atoms with E-state index in [9.17, 15) is 20.0 Å². The van der Waals surface area contributed by atoms with Crippen molar-refractivity contribution in [1.82, 2.24) is 15.1 Å². The summed E-state index contributed by atoms with van der Waals surface area (Å²) in [6.45, 7) is 5.28. The number of aryl methyl sites for hydroxylation is 1. The van der Waals surface area contributed by atoms with Gasteiger partial charge in [0, 0.05) is 54.9 Å². The van der Waals surface area contributed by atoms with E-state index in [1.54, 1.807) is 45.4 Å². The standard InChI is InChI=1S/C38H42N4O9/c1-19-11-23-13-26-28(15-39)42-27(33(41(26)4)31(23)37(35(19)47-6)48-17-46-5)14-25-32(38-36(49-18-50-38)20(2)34(25)45)29(42)16-40-30(44)12-22-7-9-24(10-8-22)51-21(3)43/h7-11,26-29,33,45H,12-14,16-18H2,1-6H3,(H,40,44)/t26-,27?,28?,29-,33-/m0/s1. The van der Waals surface area contributed by atoms with Crippen molar-refractivity contribution >= 4 is 11.9 Å². The summed E-state index contributed by atoms with van der Waals surface area (Å²) in [4.78, 5) is 29.3. The van der Waals surface area contributed by atoms with Crippen LogP contribution in [0.15, 0.2) is 30.3 Å². The summed E-state index contributed by atoms with van der Waals surface area (Å²) in [5.41, 5.74) is 5.70. The zero-order valence-electron chi connectivity index (χ0n) is 29.6. The van der Waals surface area contributed by atoms with Crippen LogP contribution in [0.3, 0.4) is 0 Å². The molecule has 2 N–H and O–H groups in total. The second kappa shape index (κ2) is 13.6. The van der Waals surface area contributed by atoms with Crippen LogP contribution in [0.2, 0.25) is 0 Å². The first-order valence-corrected chi connectivity index (χ1v) is 17.0. The maximum atomic E-state index is 13.5. The van der Waals surface area contributed by atoms with Crippen molar-refractivity contribution in [3.63, 3.8) is 0 Å². The highest BCUT2D eigenvalue weighted by molar-refractivity contribution is 5.79. The van der Waals surface area contributed by atoms with E-state index in [0.29, 0.717) is 58.3 Å². The average molecular weight is 699 g/mol. The topological polar surface area (TPSA) is 152 Å². The summed E-state index contributed by atoms with van der Waals surface area (Å²) in [5, 5.41) is 25.8. The number of carbonyl (C=O) groups excluding carboxylic acids is 2. The number of amides is 1. The maximum absolute atomic E-state index is 13.5. The van der Waals surface area contributed by atoms with Gasteiger partial charge in [-0.25, -0.2) is 0 Å². The zero-order chi connectivity index (χ0) is 36.1. The van der Waals surface area contributed by atoms with Crippen LogP contribution in [0.25, 0.3) is 0 Å². The van der Waals surface area contributed by atoms with E-state index in [1.165, 1.54) is 6.92 Å². The van der Waals surface area contributed by atoms with Crippen LogP contribution in [0.4, 0.5) is 0 Å². The summed E-state index contributed by atoms with van der Waals surface area (Å²) >= 11 is 0. The molecule has 4 heterocycles. The number of methoxy groups -OCH3 is 2. The molecular formula is C38H42N4O9. The number of benzene rings is 3. The Hall–Kier alpha value is -5.03. The number of fused-ring (bicyclic) bond motifs is 9. The lowest BCUT2D eigenvalue weighted by molar-refractivity contribution is -0.132. The van der Waals surface area contributed by atoms with Gasteiger partial charge in [-0.15, -0.1) is 0 Å². The molecule has 0 radical (unpaired) electrons. The highest BCUT2D eigenvalue weighted by atomic mass is 16.7. The van der Waals surface area contributed by atoms with E-state index in [-0.39, 0.29) is 56.3 Å². The molecule has 51 heavy (non-hydrogen) atoms. The fourth-order valence-corrected chi connectivity index (χ4v) is 8.58. The van der Waals surface area contributed by atoms with E-state index in [2.05, 4.69) is 27.3 Å². The van der Waals surface area contributed by atoms with Crippen LogP contribution in [0, 0.1) is 25.2 Å². The number of phenols is 1.